The number of aliphatic hydroxyl groups is 1. The van der Waals surface area contributed by atoms with Crippen molar-refractivity contribution in [2.45, 2.75) is 119 Å². The zero-order valence-corrected chi connectivity index (χ0v) is 21.9. The standard InChI is InChI=1S/C30H50O/c1-21(2)11-9-12-22(3)13-10-14-23(4)24-15-16-26-29(24,7)19-17-25-28(5,6)27(31)18-20-30(25,26)8/h11,13-14,24-27,31H,9-10,12,15-20H2,1-8H3/b22-13+,23-14-/t24-,25-,26+,27-,29+,30-/m0/s1. The van der Waals surface area contributed by atoms with Crippen LogP contribution in [-0.4, -0.2) is 11.2 Å². The molecule has 1 N–H and O–H groups in total. The van der Waals surface area contributed by atoms with Crippen molar-refractivity contribution in [1.29, 1.82) is 0 Å². The third kappa shape index (κ3) is 4.64. The van der Waals surface area contributed by atoms with Crippen molar-refractivity contribution in [1.82, 2.24) is 0 Å². The molecule has 0 aliphatic heterocycles. The quantitative estimate of drug-likeness (QED) is 0.421. The summed E-state index contributed by atoms with van der Waals surface area (Å²) in [5.41, 5.74) is 5.47. The molecule has 1 nitrogen and oxygen atoms in total. The van der Waals surface area contributed by atoms with Crippen molar-refractivity contribution in [3.8, 4) is 0 Å². The Kier molecular flexibility index (Phi) is 7.37. The summed E-state index contributed by atoms with van der Waals surface area (Å²) in [6.07, 6.45) is 18.2. The van der Waals surface area contributed by atoms with Gasteiger partial charge in [-0.25, -0.2) is 0 Å². The molecule has 0 unspecified atom stereocenters. The Morgan fingerprint density at radius 1 is 0.806 bits per heavy atom. The Labute approximate surface area is 193 Å². The minimum Gasteiger partial charge on any atom is -0.393 e. The van der Waals surface area contributed by atoms with E-state index in [0.717, 1.165) is 24.7 Å². The van der Waals surface area contributed by atoms with Gasteiger partial charge in [0.1, 0.15) is 0 Å². The van der Waals surface area contributed by atoms with E-state index in [-0.39, 0.29) is 11.5 Å². The summed E-state index contributed by atoms with van der Waals surface area (Å²) in [6.45, 7) is 19.0. The SMILES string of the molecule is CC(C)=CCC/C(C)=C/C/C=C(/C)[C@@H]1CC[C@@H]2[C@]1(C)CC[C@H]1C(C)(C)[C@@H](O)CC[C@]21C. The van der Waals surface area contributed by atoms with Crippen molar-refractivity contribution in [2.24, 2.45) is 34.0 Å². The first kappa shape index (κ1) is 24.8. The summed E-state index contributed by atoms with van der Waals surface area (Å²) in [5.74, 6) is 2.21. The second-order valence-corrected chi connectivity index (χ2v) is 12.7. The highest BCUT2D eigenvalue weighted by molar-refractivity contribution is 5.20. The van der Waals surface area contributed by atoms with E-state index >= 15 is 0 Å². The lowest BCUT2D eigenvalue weighted by atomic mass is 9.42. The molecule has 31 heavy (non-hydrogen) atoms. The van der Waals surface area contributed by atoms with Gasteiger partial charge in [0.2, 0.25) is 0 Å². The molecule has 0 amide bonds. The van der Waals surface area contributed by atoms with Crippen LogP contribution in [0.15, 0.2) is 34.9 Å². The predicted octanol–water partition coefficient (Wildman–Crippen LogP) is 8.65. The number of hydrogen-bond donors (Lipinski definition) is 1. The first-order valence-corrected chi connectivity index (χ1v) is 13.1. The molecule has 3 rings (SSSR count). The van der Waals surface area contributed by atoms with Crippen molar-refractivity contribution in [3.05, 3.63) is 34.9 Å². The molecule has 0 spiro atoms. The van der Waals surface area contributed by atoms with E-state index in [2.05, 4.69) is 73.6 Å². The maximum atomic E-state index is 10.7. The van der Waals surface area contributed by atoms with Gasteiger partial charge < -0.3 is 5.11 Å². The summed E-state index contributed by atoms with van der Waals surface area (Å²) < 4.78 is 0. The Balaban J connectivity index is 1.70. The van der Waals surface area contributed by atoms with Crippen LogP contribution in [0, 0.1) is 34.0 Å². The van der Waals surface area contributed by atoms with Crippen molar-refractivity contribution in [3.63, 3.8) is 0 Å². The third-order valence-electron chi connectivity index (χ3n) is 10.2. The van der Waals surface area contributed by atoms with Gasteiger partial charge in [0, 0.05) is 0 Å². The lowest BCUT2D eigenvalue weighted by Gasteiger charge is -2.63. The van der Waals surface area contributed by atoms with Crippen LogP contribution >= 0.6 is 0 Å². The average Bonchev–Trinajstić information content (AvgIpc) is 3.03. The minimum atomic E-state index is -0.125. The highest BCUT2D eigenvalue weighted by Gasteiger charge is 2.63. The van der Waals surface area contributed by atoms with Crippen molar-refractivity contribution >= 4 is 0 Å². The lowest BCUT2D eigenvalue weighted by molar-refractivity contribution is -0.166. The van der Waals surface area contributed by atoms with Crippen molar-refractivity contribution in [2.75, 3.05) is 0 Å². The van der Waals surface area contributed by atoms with Crippen LogP contribution in [0.5, 0.6) is 0 Å². The van der Waals surface area contributed by atoms with Crippen LogP contribution in [0.1, 0.15) is 113 Å². The smallest absolute Gasteiger partial charge is 0.0594 e. The average molecular weight is 427 g/mol. The summed E-state index contributed by atoms with van der Waals surface area (Å²) >= 11 is 0. The number of allylic oxidation sites excluding steroid dienone is 6. The number of rotatable bonds is 6. The van der Waals surface area contributed by atoms with Crippen LogP contribution in [0.25, 0.3) is 0 Å². The van der Waals surface area contributed by atoms with Gasteiger partial charge in [-0.15, -0.1) is 0 Å². The molecule has 3 aliphatic carbocycles. The Bertz CT molecular complexity index is 734. The number of fused-ring (bicyclic) bond motifs is 3. The number of aliphatic hydroxyl groups excluding tert-OH is 1. The molecule has 0 saturated heterocycles. The van der Waals surface area contributed by atoms with Gasteiger partial charge in [-0.1, -0.05) is 62.6 Å². The fraction of sp³-hybridized carbons (Fsp3) is 0.800. The third-order valence-corrected chi connectivity index (χ3v) is 10.2. The van der Waals surface area contributed by atoms with Gasteiger partial charge >= 0.3 is 0 Å². The van der Waals surface area contributed by atoms with Gasteiger partial charge in [0.05, 0.1) is 6.10 Å². The molecule has 0 radical (unpaired) electrons. The molecule has 3 fully saturated rings. The summed E-state index contributed by atoms with van der Waals surface area (Å²) in [6, 6.07) is 0. The molecular weight excluding hydrogens is 376 g/mol. The van der Waals surface area contributed by atoms with E-state index in [1.807, 2.05) is 0 Å². The molecule has 0 aromatic rings. The zero-order chi connectivity index (χ0) is 23.0. The minimum absolute atomic E-state index is 0.0606. The van der Waals surface area contributed by atoms with E-state index in [9.17, 15) is 5.11 Å². The predicted molar refractivity (Wildman–Crippen MR) is 135 cm³/mol. The van der Waals surface area contributed by atoms with Crippen molar-refractivity contribution < 1.29 is 5.11 Å². The molecule has 6 atom stereocenters. The van der Waals surface area contributed by atoms with Crippen LogP contribution in [0.3, 0.4) is 0 Å². The maximum Gasteiger partial charge on any atom is 0.0594 e. The topological polar surface area (TPSA) is 20.2 Å². The highest BCUT2D eigenvalue weighted by Crippen LogP contribution is 2.70. The normalized spacial score (nSPS) is 40.3. The van der Waals surface area contributed by atoms with E-state index in [4.69, 9.17) is 0 Å². The summed E-state index contributed by atoms with van der Waals surface area (Å²) in [7, 11) is 0. The van der Waals surface area contributed by atoms with Gasteiger partial charge in [-0.3, -0.25) is 0 Å². The molecule has 3 saturated carbocycles. The van der Waals surface area contributed by atoms with Gasteiger partial charge in [-0.05, 0) is 119 Å². The van der Waals surface area contributed by atoms with Gasteiger partial charge in [-0.2, -0.15) is 0 Å². The molecule has 3 aliphatic rings. The number of hydrogen-bond acceptors (Lipinski definition) is 1. The lowest BCUT2D eigenvalue weighted by Crippen LogP contribution is -2.58. The van der Waals surface area contributed by atoms with Crippen LogP contribution in [-0.2, 0) is 0 Å². The van der Waals surface area contributed by atoms with Crippen LogP contribution in [0.2, 0.25) is 0 Å². The molecule has 176 valence electrons. The van der Waals surface area contributed by atoms with E-state index < -0.39 is 0 Å². The molecule has 1 heteroatoms. The fourth-order valence-corrected chi connectivity index (χ4v) is 8.34. The molecule has 0 bridgehead atoms. The second-order valence-electron chi connectivity index (χ2n) is 12.7. The molecule has 0 aromatic heterocycles. The maximum absolute atomic E-state index is 10.7. The fourth-order valence-electron chi connectivity index (χ4n) is 8.34. The summed E-state index contributed by atoms with van der Waals surface area (Å²) in [5, 5.41) is 10.7. The van der Waals surface area contributed by atoms with Crippen LogP contribution < -0.4 is 0 Å². The largest absolute Gasteiger partial charge is 0.393 e. The van der Waals surface area contributed by atoms with E-state index in [0.29, 0.717) is 16.7 Å². The molecular formula is C30H50O. The van der Waals surface area contributed by atoms with E-state index in [1.54, 1.807) is 5.57 Å². The monoisotopic (exact) mass is 426 g/mol. The molecule has 0 aromatic carbocycles. The zero-order valence-electron chi connectivity index (χ0n) is 21.9. The van der Waals surface area contributed by atoms with E-state index in [1.165, 1.54) is 56.1 Å². The molecule has 0 heterocycles. The Morgan fingerprint density at radius 2 is 1.48 bits per heavy atom. The second kappa shape index (κ2) is 9.20. The van der Waals surface area contributed by atoms with Crippen LogP contribution in [0.4, 0.5) is 0 Å². The Hall–Kier alpha value is -0.820. The summed E-state index contributed by atoms with van der Waals surface area (Å²) in [4.78, 5) is 0. The first-order chi connectivity index (χ1) is 14.4. The highest BCUT2D eigenvalue weighted by atomic mass is 16.3. The first-order valence-electron chi connectivity index (χ1n) is 13.1. The van der Waals surface area contributed by atoms with Gasteiger partial charge in [0.25, 0.3) is 0 Å². The Morgan fingerprint density at radius 3 is 2.16 bits per heavy atom. The van der Waals surface area contributed by atoms with Gasteiger partial charge in [0.15, 0.2) is 0 Å².